The van der Waals surface area contributed by atoms with E-state index in [1.54, 1.807) is 29.2 Å². The molecule has 0 radical (unpaired) electrons. The van der Waals surface area contributed by atoms with Crippen molar-refractivity contribution in [3.05, 3.63) is 24.3 Å². The maximum Gasteiger partial charge on any atom is 0.325 e. The summed E-state index contributed by atoms with van der Waals surface area (Å²) in [5.74, 6) is -0.570. The number of benzene rings is 1. The predicted molar refractivity (Wildman–Crippen MR) is 107 cm³/mol. The van der Waals surface area contributed by atoms with Gasteiger partial charge in [0.15, 0.2) is 0 Å². The molecule has 0 aromatic heterocycles. The number of nitrogens with one attached hydrogen (secondary N) is 2. The lowest BCUT2D eigenvalue weighted by Gasteiger charge is -2.36. The Labute approximate surface area is 169 Å². The molecular weight excluding hydrogens is 372 g/mol. The highest BCUT2D eigenvalue weighted by molar-refractivity contribution is 6.10. The monoisotopic (exact) mass is 398 g/mol. The van der Waals surface area contributed by atoms with Gasteiger partial charge in [-0.15, -0.1) is 0 Å². The van der Waals surface area contributed by atoms with Crippen LogP contribution in [0, 0.1) is 5.92 Å². The van der Waals surface area contributed by atoms with Crippen molar-refractivity contribution in [2.75, 3.05) is 23.3 Å². The number of carbonyl (C=O) groups is 4. The third-order valence-corrected chi connectivity index (χ3v) is 6.34. The summed E-state index contributed by atoms with van der Waals surface area (Å²) in [4.78, 5) is 52.4. The first kappa shape index (κ1) is 19.4. The highest BCUT2D eigenvalue weighted by Crippen LogP contribution is 2.38. The van der Waals surface area contributed by atoms with E-state index in [0.29, 0.717) is 25.1 Å². The SMILES string of the molecule is C[C@H]1CCCC[C@]12NC(=O)N(CC(=O)Nc1ccc(N3CCCC3=O)cc1)C2=O. The minimum absolute atomic E-state index is 0.0570. The fourth-order valence-electron chi connectivity index (χ4n) is 4.63. The number of anilines is 2. The van der Waals surface area contributed by atoms with E-state index in [1.165, 1.54) is 0 Å². The second kappa shape index (κ2) is 7.50. The summed E-state index contributed by atoms with van der Waals surface area (Å²) < 4.78 is 0. The van der Waals surface area contributed by atoms with Crippen molar-refractivity contribution >= 4 is 35.1 Å². The van der Waals surface area contributed by atoms with Gasteiger partial charge in [-0.1, -0.05) is 19.8 Å². The second-order valence-corrected chi connectivity index (χ2v) is 8.18. The highest BCUT2D eigenvalue weighted by Gasteiger charge is 2.55. The van der Waals surface area contributed by atoms with Gasteiger partial charge in [-0.3, -0.25) is 19.3 Å². The van der Waals surface area contributed by atoms with Crippen molar-refractivity contribution in [3.8, 4) is 0 Å². The Kier molecular flexibility index (Phi) is 5.02. The predicted octanol–water partition coefficient (Wildman–Crippen LogP) is 2.25. The molecule has 2 N–H and O–H groups in total. The lowest BCUT2D eigenvalue weighted by Crippen LogP contribution is -2.54. The van der Waals surface area contributed by atoms with Gasteiger partial charge < -0.3 is 15.5 Å². The van der Waals surface area contributed by atoms with Crippen molar-refractivity contribution in [1.29, 1.82) is 0 Å². The summed E-state index contributed by atoms with van der Waals surface area (Å²) in [5, 5.41) is 5.58. The van der Waals surface area contributed by atoms with E-state index in [0.717, 1.165) is 36.3 Å². The van der Waals surface area contributed by atoms with Crippen LogP contribution in [-0.2, 0) is 14.4 Å². The van der Waals surface area contributed by atoms with E-state index in [4.69, 9.17) is 0 Å². The summed E-state index contributed by atoms with van der Waals surface area (Å²) in [6, 6.07) is 6.50. The molecule has 8 heteroatoms. The lowest BCUT2D eigenvalue weighted by atomic mass is 9.73. The minimum Gasteiger partial charge on any atom is -0.325 e. The lowest BCUT2D eigenvalue weighted by molar-refractivity contribution is -0.136. The standard InChI is InChI=1S/C21H26N4O4/c1-14-5-2-3-11-21(14)19(28)25(20(29)23-21)13-17(26)22-15-7-9-16(10-8-15)24-12-4-6-18(24)27/h7-10,14H,2-6,11-13H2,1H3,(H,22,26)(H,23,29)/t14-,21-/m0/s1. The zero-order valence-corrected chi connectivity index (χ0v) is 16.6. The molecule has 2 atom stereocenters. The molecule has 3 aliphatic rings. The van der Waals surface area contributed by atoms with Gasteiger partial charge in [0.1, 0.15) is 12.1 Å². The van der Waals surface area contributed by atoms with Crippen molar-refractivity contribution in [2.24, 2.45) is 5.92 Å². The Morgan fingerprint density at radius 1 is 1.17 bits per heavy atom. The van der Waals surface area contributed by atoms with Crippen molar-refractivity contribution in [3.63, 3.8) is 0 Å². The van der Waals surface area contributed by atoms with E-state index >= 15 is 0 Å². The van der Waals surface area contributed by atoms with Gasteiger partial charge in [-0.05, 0) is 49.4 Å². The van der Waals surface area contributed by atoms with Crippen LogP contribution in [0.3, 0.4) is 0 Å². The maximum absolute atomic E-state index is 12.9. The largest absolute Gasteiger partial charge is 0.325 e. The maximum atomic E-state index is 12.9. The molecule has 5 amide bonds. The summed E-state index contributed by atoms with van der Waals surface area (Å²) in [6.07, 6.45) is 4.85. The first-order chi connectivity index (χ1) is 13.9. The molecule has 1 aromatic rings. The molecule has 29 heavy (non-hydrogen) atoms. The molecule has 2 heterocycles. The Hall–Kier alpha value is -2.90. The van der Waals surface area contributed by atoms with Crippen LogP contribution in [0.1, 0.15) is 45.4 Å². The third kappa shape index (κ3) is 3.47. The molecule has 1 aliphatic carbocycles. The van der Waals surface area contributed by atoms with Gasteiger partial charge in [0, 0.05) is 24.3 Å². The number of hydrogen-bond acceptors (Lipinski definition) is 4. The van der Waals surface area contributed by atoms with Crippen molar-refractivity contribution in [1.82, 2.24) is 10.2 Å². The molecule has 1 spiro atoms. The number of carbonyl (C=O) groups excluding carboxylic acids is 4. The molecule has 8 nitrogen and oxygen atoms in total. The topological polar surface area (TPSA) is 98.8 Å². The quantitative estimate of drug-likeness (QED) is 0.760. The zero-order chi connectivity index (χ0) is 20.6. The average Bonchev–Trinajstić information content (AvgIpc) is 3.22. The van der Waals surface area contributed by atoms with Crippen LogP contribution in [0.5, 0.6) is 0 Å². The number of urea groups is 1. The smallest absolute Gasteiger partial charge is 0.325 e. The van der Waals surface area contributed by atoms with Crippen LogP contribution in [0.4, 0.5) is 16.2 Å². The van der Waals surface area contributed by atoms with Crippen LogP contribution >= 0.6 is 0 Å². The summed E-state index contributed by atoms with van der Waals surface area (Å²) in [6.45, 7) is 2.37. The van der Waals surface area contributed by atoms with E-state index < -0.39 is 17.5 Å². The van der Waals surface area contributed by atoms with E-state index in [2.05, 4.69) is 10.6 Å². The van der Waals surface area contributed by atoms with E-state index in [-0.39, 0.29) is 24.3 Å². The summed E-state index contributed by atoms with van der Waals surface area (Å²) in [7, 11) is 0. The molecular formula is C21H26N4O4. The Bertz CT molecular complexity index is 853. The van der Waals surface area contributed by atoms with Crippen LogP contribution in [-0.4, -0.2) is 47.3 Å². The Morgan fingerprint density at radius 2 is 1.93 bits per heavy atom. The fraction of sp³-hybridized carbons (Fsp3) is 0.524. The van der Waals surface area contributed by atoms with E-state index in [1.807, 2.05) is 6.92 Å². The Morgan fingerprint density at radius 3 is 2.59 bits per heavy atom. The number of amides is 5. The molecule has 1 saturated carbocycles. The fourth-order valence-corrected chi connectivity index (χ4v) is 4.63. The molecule has 2 saturated heterocycles. The minimum atomic E-state index is -0.862. The number of imide groups is 1. The van der Waals surface area contributed by atoms with E-state index in [9.17, 15) is 19.2 Å². The third-order valence-electron chi connectivity index (χ3n) is 6.34. The van der Waals surface area contributed by atoms with Gasteiger partial charge in [-0.25, -0.2) is 4.79 Å². The summed E-state index contributed by atoms with van der Waals surface area (Å²) in [5.41, 5.74) is 0.491. The van der Waals surface area contributed by atoms with Gasteiger partial charge in [0.2, 0.25) is 11.8 Å². The number of rotatable bonds is 4. The van der Waals surface area contributed by atoms with Gasteiger partial charge in [0.05, 0.1) is 0 Å². The molecule has 3 fully saturated rings. The van der Waals surface area contributed by atoms with Crippen LogP contribution in [0.15, 0.2) is 24.3 Å². The van der Waals surface area contributed by atoms with Gasteiger partial charge in [0.25, 0.3) is 5.91 Å². The molecule has 2 aliphatic heterocycles. The molecule has 1 aromatic carbocycles. The highest BCUT2D eigenvalue weighted by atomic mass is 16.2. The Balaban J connectivity index is 1.39. The van der Waals surface area contributed by atoms with Crippen LogP contribution < -0.4 is 15.5 Å². The van der Waals surface area contributed by atoms with Crippen molar-refractivity contribution in [2.45, 2.75) is 51.0 Å². The second-order valence-electron chi connectivity index (χ2n) is 8.18. The molecule has 0 unspecified atom stereocenters. The average molecular weight is 398 g/mol. The first-order valence-electron chi connectivity index (χ1n) is 10.2. The van der Waals surface area contributed by atoms with Gasteiger partial charge in [-0.2, -0.15) is 0 Å². The number of hydrogen-bond donors (Lipinski definition) is 2. The first-order valence-corrected chi connectivity index (χ1v) is 10.2. The molecule has 4 rings (SSSR count). The zero-order valence-electron chi connectivity index (χ0n) is 16.6. The van der Waals surface area contributed by atoms with Gasteiger partial charge >= 0.3 is 6.03 Å². The normalized spacial score (nSPS) is 26.9. The molecule has 154 valence electrons. The van der Waals surface area contributed by atoms with Crippen molar-refractivity contribution < 1.29 is 19.2 Å². The van der Waals surface area contributed by atoms with Crippen LogP contribution in [0.2, 0.25) is 0 Å². The summed E-state index contributed by atoms with van der Waals surface area (Å²) >= 11 is 0. The number of nitrogens with zero attached hydrogens (tertiary/aromatic N) is 2. The molecule has 0 bridgehead atoms. The van der Waals surface area contributed by atoms with Crippen LogP contribution in [0.25, 0.3) is 0 Å².